The van der Waals surface area contributed by atoms with E-state index in [0.29, 0.717) is 11.2 Å². The fourth-order valence-corrected chi connectivity index (χ4v) is 2.82. The van der Waals surface area contributed by atoms with E-state index < -0.39 is 17.9 Å². The van der Waals surface area contributed by atoms with Gasteiger partial charge in [0.05, 0.1) is 24.5 Å². The van der Waals surface area contributed by atoms with E-state index in [9.17, 15) is 14.4 Å². The number of fused-ring (bicyclic) bond motifs is 1. The molecule has 2 aromatic carbocycles. The van der Waals surface area contributed by atoms with Crippen molar-refractivity contribution in [1.82, 2.24) is 0 Å². The summed E-state index contributed by atoms with van der Waals surface area (Å²) in [5.74, 6) is -1.35. The van der Waals surface area contributed by atoms with E-state index in [0.717, 1.165) is 6.08 Å². The van der Waals surface area contributed by atoms with Crippen LogP contribution in [0.2, 0.25) is 0 Å². The van der Waals surface area contributed by atoms with Crippen molar-refractivity contribution >= 4 is 29.1 Å². The molecule has 0 amide bonds. The molecule has 0 unspecified atom stereocenters. The normalized spacial score (nSPS) is 10.5. The van der Waals surface area contributed by atoms with Crippen molar-refractivity contribution < 1.29 is 42.2 Å². The van der Waals surface area contributed by atoms with Gasteiger partial charge in [0.1, 0.15) is 12.0 Å². The highest BCUT2D eigenvalue weighted by Crippen LogP contribution is 2.32. The third-order valence-corrected chi connectivity index (χ3v) is 4.43. The van der Waals surface area contributed by atoms with Gasteiger partial charge < -0.3 is 27.8 Å². The molecule has 0 aliphatic heterocycles. The van der Waals surface area contributed by atoms with E-state index in [4.69, 9.17) is 27.8 Å². The summed E-state index contributed by atoms with van der Waals surface area (Å²) in [5, 5.41) is 0. The van der Waals surface area contributed by atoms with Gasteiger partial charge in [0.15, 0.2) is 17.1 Å². The van der Waals surface area contributed by atoms with Crippen LogP contribution in [-0.4, -0.2) is 25.0 Å². The highest BCUT2D eigenvalue weighted by atomic mass is 16.6. The van der Waals surface area contributed by atoms with E-state index in [1.807, 2.05) is 0 Å². The predicted octanol–water partition coefficient (Wildman–Crippen LogP) is 4.56. The van der Waals surface area contributed by atoms with Gasteiger partial charge in [-0.15, -0.1) is 0 Å². The lowest BCUT2D eigenvalue weighted by molar-refractivity contribution is -0.128. The lowest BCUT2D eigenvalue weighted by Crippen LogP contribution is -2.11. The standard InChI is InChI=1S/C24H16O9/c1-3-21(25)31-16-7-4-14(5-8-16)23(26)32-17-9-6-15(12-19(17)28-2)24(27)33-20-13-30-18-10-11-29-22(18)20/h3-13H,1H2,2H3. The molecular weight excluding hydrogens is 432 g/mol. The van der Waals surface area contributed by atoms with Gasteiger partial charge in [0, 0.05) is 12.1 Å². The van der Waals surface area contributed by atoms with Crippen LogP contribution in [0.5, 0.6) is 23.0 Å². The molecule has 0 N–H and O–H groups in total. The molecule has 2 aromatic heterocycles. The van der Waals surface area contributed by atoms with Gasteiger partial charge in [0.25, 0.3) is 0 Å². The lowest BCUT2D eigenvalue weighted by atomic mass is 10.2. The van der Waals surface area contributed by atoms with Gasteiger partial charge in [0.2, 0.25) is 11.3 Å². The van der Waals surface area contributed by atoms with Crippen LogP contribution in [0.3, 0.4) is 0 Å². The first kappa shape index (κ1) is 21.4. The maximum atomic E-state index is 12.5. The molecule has 0 bridgehead atoms. The molecule has 0 atom stereocenters. The second-order valence-corrected chi connectivity index (χ2v) is 6.51. The molecule has 33 heavy (non-hydrogen) atoms. The number of esters is 3. The van der Waals surface area contributed by atoms with Crippen LogP contribution < -0.4 is 18.9 Å². The predicted molar refractivity (Wildman–Crippen MR) is 114 cm³/mol. The quantitative estimate of drug-likeness (QED) is 0.228. The van der Waals surface area contributed by atoms with Gasteiger partial charge >= 0.3 is 17.9 Å². The zero-order chi connectivity index (χ0) is 23.4. The molecule has 0 aliphatic carbocycles. The Hall–Kier alpha value is -4.79. The van der Waals surface area contributed by atoms with Crippen LogP contribution in [0, 0.1) is 0 Å². The van der Waals surface area contributed by atoms with Crippen molar-refractivity contribution in [1.29, 1.82) is 0 Å². The van der Waals surface area contributed by atoms with Crippen LogP contribution in [0.1, 0.15) is 20.7 Å². The minimum atomic E-state index is -0.685. The second-order valence-electron chi connectivity index (χ2n) is 6.51. The summed E-state index contributed by atoms with van der Waals surface area (Å²) in [7, 11) is 1.37. The van der Waals surface area contributed by atoms with Crippen molar-refractivity contribution in [2.75, 3.05) is 7.11 Å². The third kappa shape index (κ3) is 4.62. The van der Waals surface area contributed by atoms with Crippen molar-refractivity contribution in [3.8, 4) is 23.0 Å². The Morgan fingerprint density at radius 2 is 1.52 bits per heavy atom. The van der Waals surface area contributed by atoms with E-state index in [1.54, 1.807) is 6.07 Å². The SMILES string of the molecule is C=CC(=O)Oc1ccc(C(=O)Oc2ccc(C(=O)Oc3coc4ccoc34)cc2OC)cc1. The minimum Gasteiger partial charge on any atom is -0.493 e. The number of benzene rings is 2. The fraction of sp³-hybridized carbons (Fsp3) is 0.0417. The molecule has 4 rings (SSSR count). The Morgan fingerprint density at radius 3 is 2.24 bits per heavy atom. The van der Waals surface area contributed by atoms with Crippen LogP contribution in [0.4, 0.5) is 0 Å². The summed E-state index contributed by atoms with van der Waals surface area (Å²) in [6.07, 6.45) is 3.71. The molecule has 0 radical (unpaired) electrons. The van der Waals surface area contributed by atoms with E-state index in [-0.39, 0.29) is 34.1 Å². The summed E-state index contributed by atoms with van der Waals surface area (Å²) in [6, 6.07) is 11.6. The molecule has 9 heteroatoms. The topological polar surface area (TPSA) is 114 Å². The Kier molecular flexibility index (Phi) is 5.94. The number of hydrogen-bond acceptors (Lipinski definition) is 9. The van der Waals surface area contributed by atoms with E-state index >= 15 is 0 Å². The van der Waals surface area contributed by atoms with Crippen molar-refractivity contribution in [3.63, 3.8) is 0 Å². The summed E-state index contributed by atoms with van der Waals surface area (Å²) in [5.41, 5.74) is 1.12. The van der Waals surface area contributed by atoms with Gasteiger partial charge in [-0.1, -0.05) is 6.58 Å². The third-order valence-electron chi connectivity index (χ3n) is 4.43. The Balaban J connectivity index is 1.46. The molecule has 4 aromatic rings. The Bertz CT molecular complexity index is 1340. The van der Waals surface area contributed by atoms with Gasteiger partial charge in [-0.2, -0.15) is 0 Å². The average Bonchev–Trinajstić information content (AvgIpc) is 3.44. The number of methoxy groups -OCH3 is 1. The van der Waals surface area contributed by atoms with Crippen molar-refractivity contribution in [3.05, 3.63) is 84.8 Å². The number of carbonyl (C=O) groups is 3. The number of carbonyl (C=O) groups excluding carboxylic acids is 3. The molecule has 9 nitrogen and oxygen atoms in total. The molecule has 2 heterocycles. The first-order valence-electron chi connectivity index (χ1n) is 9.50. The molecule has 0 saturated heterocycles. The van der Waals surface area contributed by atoms with Crippen LogP contribution in [-0.2, 0) is 4.79 Å². The first-order valence-corrected chi connectivity index (χ1v) is 9.50. The summed E-state index contributed by atoms with van der Waals surface area (Å²) < 4.78 is 31.4. The van der Waals surface area contributed by atoms with Gasteiger partial charge in [-0.25, -0.2) is 14.4 Å². The molecular formula is C24H16O9. The average molecular weight is 448 g/mol. The molecule has 0 saturated carbocycles. The lowest BCUT2D eigenvalue weighted by Gasteiger charge is -2.11. The minimum absolute atomic E-state index is 0.0953. The maximum absolute atomic E-state index is 12.5. The largest absolute Gasteiger partial charge is 0.493 e. The van der Waals surface area contributed by atoms with Gasteiger partial charge in [-0.05, 0) is 42.5 Å². The number of hydrogen-bond donors (Lipinski definition) is 0. The Morgan fingerprint density at radius 1 is 0.818 bits per heavy atom. The summed E-state index contributed by atoms with van der Waals surface area (Å²) in [4.78, 5) is 36.2. The van der Waals surface area contributed by atoms with Gasteiger partial charge in [-0.3, -0.25) is 0 Å². The van der Waals surface area contributed by atoms with Crippen molar-refractivity contribution in [2.45, 2.75) is 0 Å². The number of furan rings is 2. The molecule has 0 fully saturated rings. The molecule has 0 aliphatic rings. The Labute approximate surface area is 186 Å². The highest BCUT2D eigenvalue weighted by Gasteiger charge is 2.19. The summed E-state index contributed by atoms with van der Waals surface area (Å²) in [6.45, 7) is 3.31. The van der Waals surface area contributed by atoms with Crippen LogP contribution >= 0.6 is 0 Å². The fourth-order valence-electron chi connectivity index (χ4n) is 2.82. The number of ether oxygens (including phenoxy) is 4. The second kappa shape index (κ2) is 9.15. The van der Waals surface area contributed by atoms with Crippen molar-refractivity contribution in [2.24, 2.45) is 0 Å². The van der Waals surface area contributed by atoms with Crippen LogP contribution in [0.25, 0.3) is 11.2 Å². The zero-order valence-electron chi connectivity index (χ0n) is 17.2. The van der Waals surface area contributed by atoms with Crippen LogP contribution in [0.15, 0.2) is 82.5 Å². The van der Waals surface area contributed by atoms with E-state index in [2.05, 4.69) is 6.58 Å². The molecule has 0 spiro atoms. The number of rotatable bonds is 7. The smallest absolute Gasteiger partial charge is 0.343 e. The monoisotopic (exact) mass is 448 g/mol. The van der Waals surface area contributed by atoms with E-state index in [1.165, 1.54) is 62.1 Å². The maximum Gasteiger partial charge on any atom is 0.343 e. The molecule has 166 valence electrons. The summed E-state index contributed by atoms with van der Waals surface area (Å²) >= 11 is 0. The zero-order valence-corrected chi connectivity index (χ0v) is 17.2. The first-order chi connectivity index (χ1) is 16.0. The highest BCUT2D eigenvalue weighted by molar-refractivity contribution is 5.95.